The number of carbonyl (C=O) groups excluding carboxylic acids is 2. The fourth-order valence-corrected chi connectivity index (χ4v) is 2.83. The van der Waals surface area contributed by atoms with Gasteiger partial charge < -0.3 is 20.2 Å². The maximum absolute atomic E-state index is 12.2. The van der Waals surface area contributed by atoms with Crippen molar-refractivity contribution in [2.24, 2.45) is 5.84 Å². The molecule has 0 saturated heterocycles. The second kappa shape index (κ2) is 21.8. The number of hydrogen-bond acceptors (Lipinski definition) is 6. The Hall–Kier alpha value is -7.90. The normalized spacial score (nSPS) is 7.24. The smallest absolute Gasteiger partial charge is 0.325 e. The van der Waals surface area contributed by atoms with Gasteiger partial charge in [0.25, 0.3) is 5.91 Å². The summed E-state index contributed by atoms with van der Waals surface area (Å²) in [6.45, 7) is 1.55. The summed E-state index contributed by atoms with van der Waals surface area (Å²) in [5.74, 6) is 54.0. The highest BCUT2D eigenvalue weighted by Crippen LogP contribution is 2.17. The molecule has 0 aromatic heterocycles. The fourth-order valence-electron chi connectivity index (χ4n) is 2.83. The zero-order valence-electron chi connectivity index (χ0n) is 24.2. The van der Waals surface area contributed by atoms with Crippen LogP contribution in [0, 0.1) is 138 Å². The molecular formula is C39H19N3O4. The summed E-state index contributed by atoms with van der Waals surface area (Å²) < 4.78 is 10.7. The minimum absolute atomic E-state index is 0.0184. The Balaban J connectivity index is 1.77. The van der Waals surface area contributed by atoms with E-state index in [9.17, 15) is 9.59 Å². The average molecular weight is 594 g/mol. The number of nitrogens with two attached hydrogens (primary N) is 1. The summed E-state index contributed by atoms with van der Waals surface area (Å²) in [5.41, 5.74) is 5.05. The van der Waals surface area contributed by atoms with Crippen molar-refractivity contribution in [3.05, 3.63) is 59.2 Å². The highest BCUT2D eigenvalue weighted by Gasteiger charge is 2.10. The van der Waals surface area contributed by atoms with Gasteiger partial charge in [-0.1, -0.05) is 6.07 Å². The van der Waals surface area contributed by atoms with Crippen molar-refractivity contribution < 1.29 is 19.1 Å². The van der Waals surface area contributed by atoms with Gasteiger partial charge in [-0.05, 0) is 102 Å². The number of rotatable bonds is 7. The molecule has 0 heterocycles. The summed E-state index contributed by atoms with van der Waals surface area (Å²) in [4.78, 5) is 24.3. The van der Waals surface area contributed by atoms with E-state index in [1.807, 2.05) is 13.0 Å². The lowest BCUT2D eigenvalue weighted by Gasteiger charge is -2.09. The number of esters is 1. The van der Waals surface area contributed by atoms with Crippen LogP contribution in [0.25, 0.3) is 0 Å². The van der Waals surface area contributed by atoms with Gasteiger partial charge in [0.2, 0.25) is 0 Å². The van der Waals surface area contributed by atoms with Crippen molar-refractivity contribution in [1.82, 2.24) is 5.32 Å². The SMILES string of the molecule is C#CC#CC#CC#CC#CC#CC#CC#CC#CC#CC#COc1cc(C)cc(COC(=O)CNC(=O)c2ccc(NN)cc2)c1. The number of ether oxygens (including phenoxy) is 2. The van der Waals surface area contributed by atoms with Crippen LogP contribution in [0.15, 0.2) is 42.5 Å². The first-order chi connectivity index (χ1) is 22.5. The van der Waals surface area contributed by atoms with E-state index in [0.29, 0.717) is 22.6 Å². The van der Waals surface area contributed by atoms with Gasteiger partial charge in [-0.3, -0.25) is 15.4 Å². The minimum Gasteiger partial charge on any atom is -0.460 e. The molecule has 46 heavy (non-hydrogen) atoms. The number of amides is 1. The van der Waals surface area contributed by atoms with Crippen LogP contribution in [0.3, 0.4) is 0 Å². The van der Waals surface area contributed by atoms with Crippen LogP contribution >= 0.6 is 0 Å². The number of nitrogen functional groups attached to an aromatic ring is 1. The third-order valence-corrected chi connectivity index (χ3v) is 4.63. The number of hydrazine groups is 1. The lowest BCUT2D eigenvalue weighted by Crippen LogP contribution is -2.30. The van der Waals surface area contributed by atoms with E-state index in [2.05, 4.69) is 135 Å². The monoisotopic (exact) mass is 593 g/mol. The number of nitrogens with one attached hydrogen (secondary N) is 2. The first-order valence-corrected chi connectivity index (χ1v) is 12.8. The lowest BCUT2D eigenvalue weighted by atomic mass is 10.1. The van der Waals surface area contributed by atoms with E-state index in [4.69, 9.17) is 21.7 Å². The van der Waals surface area contributed by atoms with Gasteiger partial charge in [0.1, 0.15) is 25.0 Å². The molecule has 2 aromatic rings. The third-order valence-electron chi connectivity index (χ3n) is 4.63. The van der Waals surface area contributed by atoms with Gasteiger partial charge in [0, 0.05) is 82.3 Å². The Bertz CT molecular complexity index is 2180. The molecule has 7 nitrogen and oxygen atoms in total. The highest BCUT2D eigenvalue weighted by atomic mass is 16.5. The van der Waals surface area contributed by atoms with Crippen molar-refractivity contribution in [3.63, 3.8) is 0 Å². The molecule has 0 bridgehead atoms. The van der Waals surface area contributed by atoms with Crippen LogP contribution in [-0.2, 0) is 16.1 Å². The molecule has 214 valence electrons. The molecule has 2 rings (SSSR count). The predicted molar refractivity (Wildman–Crippen MR) is 175 cm³/mol. The third kappa shape index (κ3) is 15.8. The second-order valence-electron chi connectivity index (χ2n) is 7.94. The van der Waals surface area contributed by atoms with Crippen LogP contribution in [0.1, 0.15) is 21.5 Å². The molecule has 2 aromatic carbocycles. The Labute approximate surface area is 268 Å². The van der Waals surface area contributed by atoms with Gasteiger partial charge in [-0.25, -0.2) is 0 Å². The van der Waals surface area contributed by atoms with Crippen molar-refractivity contribution in [2.75, 3.05) is 12.0 Å². The summed E-state index contributed by atoms with van der Waals surface area (Å²) in [7, 11) is 0. The van der Waals surface area contributed by atoms with Crippen molar-refractivity contribution in [3.8, 4) is 137 Å². The summed E-state index contributed by atoms with van der Waals surface area (Å²) in [6, 6.07) is 11.7. The lowest BCUT2D eigenvalue weighted by molar-refractivity contribution is -0.143. The number of benzene rings is 2. The fraction of sp³-hybridized carbons (Fsp3) is 0.0769. The van der Waals surface area contributed by atoms with E-state index in [-0.39, 0.29) is 13.2 Å². The molecule has 7 heteroatoms. The number of terminal acetylenes is 1. The highest BCUT2D eigenvalue weighted by molar-refractivity contribution is 5.96. The van der Waals surface area contributed by atoms with Gasteiger partial charge in [-0.2, -0.15) is 0 Å². The first kappa shape index (κ1) is 34.3. The zero-order valence-corrected chi connectivity index (χ0v) is 24.2. The first-order valence-electron chi connectivity index (χ1n) is 12.8. The summed E-state index contributed by atoms with van der Waals surface area (Å²) >= 11 is 0. The average Bonchev–Trinajstić information content (AvgIpc) is 3.06. The maximum atomic E-state index is 12.2. The molecule has 0 spiro atoms. The molecule has 0 aliphatic rings. The minimum atomic E-state index is -0.599. The van der Waals surface area contributed by atoms with Gasteiger partial charge in [-0.15, -0.1) is 6.42 Å². The Kier molecular flexibility index (Phi) is 16.3. The molecule has 0 aliphatic carbocycles. The van der Waals surface area contributed by atoms with Crippen LogP contribution in [0.5, 0.6) is 5.75 Å². The number of aryl methyl sites for hydroxylation is 1. The molecule has 0 radical (unpaired) electrons. The number of hydrogen-bond donors (Lipinski definition) is 3. The van der Waals surface area contributed by atoms with Gasteiger partial charge in [0.05, 0.1) is 0 Å². The van der Waals surface area contributed by atoms with Crippen molar-refractivity contribution in [1.29, 1.82) is 0 Å². The van der Waals surface area contributed by atoms with E-state index in [0.717, 1.165) is 5.56 Å². The standard InChI is InChI=1S/C39H19N3O4/c1-3-4-5-6-7-8-9-10-11-12-13-14-15-16-17-18-19-20-21-22-27-45-37-29-33(2)28-34(30-37)32-46-38(43)31-41-39(44)35-23-25-36(42-40)26-24-35/h1,23-26,28-30,42H,31-32,40H2,2H3,(H,41,44). The van der Waals surface area contributed by atoms with Crippen molar-refractivity contribution >= 4 is 17.6 Å². The van der Waals surface area contributed by atoms with E-state index in [1.54, 1.807) is 36.4 Å². The molecular weight excluding hydrogens is 574 g/mol. The molecule has 0 saturated carbocycles. The number of carbonyl (C=O) groups is 2. The Morgan fingerprint density at radius 3 is 1.72 bits per heavy atom. The van der Waals surface area contributed by atoms with E-state index in [1.165, 1.54) is 0 Å². The predicted octanol–water partition coefficient (Wildman–Crippen LogP) is 1.76. The second-order valence-corrected chi connectivity index (χ2v) is 7.94. The molecule has 0 atom stereocenters. The van der Waals surface area contributed by atoms with Gasteiger partial charge in [0.15, 0.2) is 0 Å². The Morgan fingerprint density at radius 1 is 0.717 bits per heavy atom. The van der Waals surface area contributed by atoms with E-state index >= 15 is 0 Å². The van der Waals surface area contributed by atoms with E-state index < -0.39 is 11.9 Å². The molecule has 4 N–H and O–H groups in total. The number of anilines is 1. The molecule has 1 amide bonds. The van der Waals surface area contributed by atoms with Crippen LogP contribution in [0.4, 0.5) is 5.69 Å². The maximum Gasteiger partial charge on any atom is 0.325 e. The zero-order chi connectivity index (χ0) is 33.1. The summed E-state index contributed by atoms with van der Waals surface area (Å²) in [5, 5.41) is 2.51. The largest absolute Gasteiger partial charge is 0.460 e. The van der Waals surface area contributed by atoms with Crippen LogP contribution in [-0.4, -0.2) is 18.4 Å². The van der Waals surface area contributed by atoms with Crippen LogP contribution < -0.4 is 21.3 Å². The quantitative estimate of drug-likeness (QED) is 0.196. The van der Waals surface area contributed by atoms with Crippen LogP contribution in [0.2, 0.25) is 0 Å². The topological polar surface area (TPSA) is 103 Å². The van der Waals surface area contributed by atoms with Crippen molar-refractivity contribution in [2.45, 2.75) is 13.5 Å². The molecule has 0 fully saturated rings. The Morgan fingerprint density at radius 2 is 1.22 bits per heavy atom. The summed E-state index contributed by atoms with van der Waals surface area (Å²) in [6.07, 6.45) is 7.41. The van der Waals surface area contributed by atoms with Gasteiger partial charge >= 0.3 is 5.97 Å². The molecule has 0 unspecified atom stereocenters. The molecule has 0 aliphatic heterocycles.